The van der Waals surface area contributed by atoms with Gasteiger partial charge in [-0.05, 0) is 0 Å². The van der Waals surface area contributed by atoms with Crippen molar-refractivity contribution in [2.24, 2.45) is 16.8 Å². The molecule has 16 heavy (non-hydrogen) atoms. The first-order chi connectivity index (χ1) is 7.30. The van der Waals surface area contributed by atoms with Crippen LogP contribution < -0.4 is 5.73 Å². The first kappa shape index (κ1) is 15.0. The highest BCUT2D eigenvalue weighted by atomic mass is 19.4. The molecule has 0 aliphatic heterocycles. The Morgan fingerprint density at radius 1 is 1.50 bits per heavy atom. The van der Waals surface area contributed by atoms with Gasteiger partial charge in [-0.25, -0.2) is 0 Å². The van der Waals surface area contributed by atoms with Crippen LogP contribution in [0.3, 0.4) is 0 Å². The number of aliphatic hydroxyl groups is 1. The van der Waals surface area contributed by atoms with Gasteiger partial charge in [0, 0.05) is 19.0 Å². The lowest BCUT2D eigenvalue weighted by Gasteiger charge is -2.25. The fourth-order valence-electron chi connectivity index (χ4n) is 1.21. The van der Waals surface area contributed by atoms with Crippen LogP contribution in [-0.2, 0) is 0 Å². The highest BCUT2D eigenvalue weighted by Crippen LogP contribution is 2.17. The highest BCUT2D eigenvalue weighted by molar-refractivity contribution is 5.82. The first-order valence-corrected chi connectivity index (χ1v) is 4.67. The maximum atomic E-state index is 12.1. The van der Waals surface area contributed by atoms with E-state index in [4.69, 9.17) is 16.0 Å². The number of hydrogen-bond acceptors (Lipinski definition) is 4. The van der Waals surface area contributed by atoms with Gasteiger partial charge in [-0.3, -0.25) is 4.90 Å². The minimum atomic E-state index is -4.33. The van der Waals surface area contributed by atoms with Gasteiger partial charge in [0.2, 0.25) is 0 Å². The molecular weight excluding hydrogens is 227 g/mol. The molecule has 1 atom stereocenters. The van der Waals surface area contributed by atoms with Crippen LogP contribution in [0.25, 0.3) is 0 Å². The summed E-state index contributed by atoms with van der Waals surface area (Å²) < 4.78 is 36.4. The number of halogens is 3. The second-order valence-corrected chi connectivity index (χ2v) is 3.50. The summed E-state index contributed by atoms with van der Waals surface area (Å²) in [7, 11) is 0. The molecule has 4 N–H and O–H groups in total. The van der Waals surface area contributed by atoms with Crippen molar-refractivity contribution in [2.45, 2.75) is 13.1 Å². The zero-order chi connectivity index (χ0) is 12.8. The lowest BCUT2D eigenvalue weighted by atomic mass is 10.1. The summed E-state index contributed by atoms with van der Waals surface area (Å²) in [5, 5.41) is 19.7. The second kappa shape index (κ2) is 6.54. The summed E-state index contributed by atoms with van der Waals surface area (Å²) in [6.07, 6.45) is -4.33. The molecule has 0 aromatic carbocycles. The molecule has 0 bridgehead atoms. The average Bonchev–Trinajstić information content (AvgIpc) is 2.14. The third-order valence-electron chi connectivity index (χ3n) is 1.97. The van der Waals surface area contributed by atoms with Crippen molar-refractivity contribution in [1.29, 1.82) is 0 Å². The van der Waals surface area contributed by atoms with Crippen molar-refractivity contribution in [3.63, 3.8) is 0 Å². The predicted octanol–water partition coefficient (Wildman–Crippen LogP) is 0.225. The normalized spacial score (nSPS) is 15.5. The zero-order valence-corrected chi connectivity index (χ0v) is 8.91. The van der Waals surface area contributed by atoms with Crippen molar-refractivity contribution in [3.05, 3.63) is 0 Å². The second-order valence-electron chi connectivity index (χ2n) is 3.50. The number of aliphatic hydroxyl groups excluding tert-OH is 1. The van der Waals surface area contributed by atoms with Gasteiger partial charge in [-0.2, -0.15) is 13.2 Å². The molecule has 0 rings (SSSR count). The maximum Gasteiger partial charge on any atom is 0.401 e. The van der Waals surface area contributed by atoms with Gasteiger partial charge in [-0.1, -0.05) is 12.1 Å². The van der Waals surface area contributed by atoms with Crippen LogP contribution in [0.1, 0.15) is 6.92 Å². The molecule has 0 aliphatic rings. The number of nitrogens with zero attached hydrogens (tertiary/aromatic N) is 2. The third-order valence-corrected chi connectivity index (χ3v) is 1.97. The molecule has 0 amide bonds. The third kappa shape index (κ3) is 6.46. The fraction of sp³-hybridized carbons (Fsp3) is 0.875. The van der Waals surface area contributed by atoms with Gasteiger partial charge >= 0.3 is 6.18 Å². The molecular formula is C8H16F3N3O2. The number of alkyl halides is 3. The lowest BCUT2D eigenvalue weighted by Crippen LogP contribution is -2.41. The summed E-state index contributed by atoms with van der Waals surface area (Å²) in [6, 6.07) is 0. The Bertz CT molecular complexity index is 233. The number of nitrogens with two attached hydrogens (primary N) is 1. The van der Waals surface area contributed by atoms with Crippen molar-refractivity contribution >= 4 is 5.84 Å². The molecule has 5 nitrogen and oxygen atoms in total. The Hall–Kier alpha value is -1.02. The standard InChI is InChI=1S/C8H16F3N3O2/c1-6(7(12)13-16)4-14(2-3-15)5-8(9,10)11/h6,15-16H,2-5H2,1H3,(H2,12,13). The molecule has 0 aromatic rings. The molecule has 1 unspecified atom stereocenters. The quantitative estimate of drug-likeness (QED) is 0.270. The van der Waals surface area contributed by atoms with Crippen LogP contribution in [0.2, 0.25) is 0 Å². The van der Waals surface area contributed by atoms with Crippen molar-refractivity contribution in [3.8, 4) is 0 Å². The van der Waals surface area contributed by atoms with Crippen LogP contribution in [0.4, 0.5) is 13.2 Å². The number of rotatable bonds is 6. The van der Waals surface area contributed by atoms with E-state index in [1.54, 1.807) is 0 Å². The molecule has 0 aromatic heterocycles. The monoisotopic (exact) mass is 243 g/mol. The van der Waals surface area contributed by atoms with E-state index in [-0.39, 0.29) is 25.5 Å². The fourth-order valence-corrected chi connectivity index (χ4v) is 1.21. The highest BCUT2D eigenvalue weighted by Gasteiger charge is 2.31. The van der Waals surface area contributed by atoms with Crippen molar-refractivity contribution in [1.82, 2.24) is 4.90 Å². The molecule has 0 heterocycles. The van der Waals surface area contributed by atoms with E-state index in [1.807, 2.05) is 0 Å². The van der Waals surface area contributed by atoms with E-state index in [2.05, 4.69) is 5.16 Å². The van der Waals surface area contributed by atoms with E-state index in [0.717, 1.165) is 4.90 Å². The molecule has 0 spiro atoms. The number of amidine groups is 1. The van der Waals surface area contributed by atoms with Crippen LogP contribution >= 0.6 is 0 Å². The molecule has 0 aliphatic carbocycles. The van der Waals surface area contributed by atoms with Crippen molar-refractivity contribution < 1.29 is 23.5 Å². The average molecular weight is 243 g/mol. The lowest BCUT2D eigenvalue weighted by molar-refractivity contribution is -0.147. The van der Waals surface area contributed by atoms with Gasteiger partial charge in [0.1, 0.15) is 5.84 Å². The molecule has 0 fully saturated rings. The summed E-state index contributed by atoms with van der Waals surface area (Å²) in [6.45, 7) is -0.107. The molecule has 8 heteroatoms. The Labute approximate surface area is 91.3 Å². The Morgan fingerprint density at radius 2 is 2.06 bits per heavy atom. The summed E-state index contributed by atoms with van der Waals surface area (Å²) in [5.41, 5.74) is 5.25. The van der Waals surface area contributed by atoms with E-state index in [0.29, 0.717) is 0 Å². The van der Waals surface area contributed by atoms with E-state index in [9.17, 15) is 13.2 Å². The van der Waals surface area contributed by atoms with Gasteiger partial charge in [0.15, 0.2) is 0 Å². The molecule has 0 saturated carbocycles. The van der Waals surface area contributed by atoms with Gasteiger partial charge in [0.05, 0.1) is 13.2 Å². The summed E-state index contributed by atoms with van der Waals surface area (Å²) >= 11 is 0. The van der Waals surface area contributed by atoms with Crippen molar-refractivity contribution in [2.75, 3.05) is 26.2 Å². The smallest absolute Gasteiger partial charge is 0.401 e. The first-order valence-electron chi connectivity index (χ1n) is 4.67. The summed E-state index contributed by atoms with van der Waals surface area (Å²) in [5.74, 6) is -0.649. The minimum absolute atomic E-state index is 0.0318. The topological polar surface area (TPSA) is 82.1 Å². The van der Waals surface area contributed by atoms with E-state index in [1.165, 1.54) is 6.92 Å². The Balaban J connectivity index is 4.33. The SMILES string of the molecule is CC(CN(CCO)CC(F)(F)F)C(N)=NO. The Morgan fingerprint density at radius 3 is 2.44 bits per heavy atom. The Kier molecular flexibility index (Phi) is 6.12. The molecule has 96 valence electrons. The number of oxime groups is 1. The van der Waals surface area contributed by atoms with Crippen LogP contribution in [0.5, 0.6) is 0 Å². The minimum Gasteiger partial charge on any atom is -0.409 e. The van der Waals surface area contributed by atoms with E-state index >= 15 is 0 Å². The van der Waals surface area contributed by atoms with Crippen LogP contribution in [-0.4, -0.2) is 53.5 Å². The maximum absolute atomic E-state index is 12.1. The zero-order valence-electron chi connectivity index (χ0n) is 8.91. The van der Waals surface area contributed by atoms with Crippen LogP contribution in [0, 0.1) is 5.92 Å². The molecule has 0 radical (unpaired) electrons. The van der Waals surface area contributed by atoms with E-state index < -0.39 is 18.6 Å². The van der Waals surface area contributed by atoms with Crippen LogP contribution in [0.15, 0.2) is 5.16 Å². The predicted molar refractivity (Wildman–Crippen MR) is 52.2 cm³/mol. The largest absolute Gasteiger partial charge is 0.409 e. The van der Waals surface area contributed by atoms with Gasteiger partial charge in [0.25, 0.3) is 0 Å². The number of hydrogen-bond donors (Lipinski definition) is 3. The van der Waals surface area contributed by atoms with Gasteiger partial charge in [-0.15, -0.1) is 0 Å². The molecule has 0 saturated heterocycles. The summed E-state index contributed by atoms with van der Waals surface area (Å²) in [4.78, 5) is 1.00. The van der Waals surface area contributed by atoms with Gasteiger partial charge < -0.3 is 16.0 Å².